The molecule has 226 valence electrons. The minimum atomic E-state index is -4.92. The molecule has 3 amide bonds. The van der Waals surface area contributed by atoms with Crippen LogP contribution in [0.2, 0.25) is 0 Å². The molecule has 12 nitrogen and oxygen atoms in total. The van der Waals surface area contributed by atoms with Crippen LogP contribution >= 0.6 is 0 Å². The van der Waals surface area contributed by atoms with Gasteiger partial charge < -0.3 is 15.4 Å². The Bertz CT molecular complexity index is 1370. The maximum Gasteiger partial charge on any atom is 0.422 e. The average molecular weight is 591 g/mol. The number of anilines is 2. The zero-order valence-corrected chi connectivity index (χ0v) is 23.3. The lowest BCUT2D eigenvalue weighted by Gasteiger charge is -2.41. The van der Waals surface area contributed by atoms with E-state index in [9.17, 15) is 33.2 Å². The Labute approximate surface area is 239 Å². The molecule has 1 unspecified atom stereocenters. The van der Waals surface area contributed by atoms with Crippen LogP contribution in [0.15, 0.2) is 42.5 Å². The summed E-state index contributed by atoms with van der Waals surface area (Å²) in [7, 11) is 0. The fourth-order valence-corrected chi connectivity index (χ4v) is 5.21. The van der Waals surface area contributed by atoms with E-state index in [1.165, 1.54) is 0 Å². The van der Waals surface area contributed by atoms with Gasteiger partial charge in [-0.3, -0.25) is 10.1 Å². The SMILES string of the molecule is CC(C)(C)C1CCC(N(Cc2ccc(C(=O)Nc3nn[nH]n3)cc2)C(=O)Nc2ccc([NH+]([O-])O)c(C(F)(F)F)c2)CC1. The van der Waals surface area contributed by atoms with Crippen LogP contribution in [0, 0.1) is 16.5 Å². The zero-order chi connectivity index (χ0) is 30.7. The van der Waals surface area contributed by atoms with Crippen LogP contribution in [0.3, 0.4) is 0 Å². The second-order valence-electron chi connectivity index (χ2n) is 11.4. The zero-order valence-electron chi connectivity index (χ0n) is 23.3. The van der Waals surface area contributed by atoms with Crippen molar-refractivity contribution in [3.63, 3.8) is 0 Å². The van der Waals surface area contributed by atoms with Crippen LogP contribution < -0.4 is 15.9 Å². The van der Waals surface area contributed by atoms with Crippen molar-refractivity contribution in [2.45, 2.75) is 65.2 Å². The predicted molar refractivity (Wildman–Crippen MR) is 146 cm³/mol. The normalized spacial score (nSPS) is 18.3. The van der Waals surface area contributed by atoms with Gasteiger partial charge in [0, 0.05) is 29.9 Å². The largest absolute Gasteiger partial charge is 0.595 e. The molecule has 1 saturated carbocycles. The Morgan fingerprint density at radius 1 is 1.07 bits per heavy atom. The molecule has 4 rings (SSSR count). The second-order valence-corrected chi connectivity index (χ2v) is 11.4. The van der Waals surface area contributed by atoms with Crippen molar-refractivity contribution in [3.8, 4) is 0 Å². The van der Waals surface area contributed by atoms with Gasteiger partial charge in [0.25, 0.3) is 11.9 Å². The van der Waals surface area contributed by atoms with E-state index in [-0.39, 0.29) is 29.6 Å². The van der Waals surface area contributed by atoms with Crippen molar-refractivity contribution >= 4 is 29.3 Å². The fraction of sp³-hybridized carbons (Fsp3) is 0.444. The highest BCUT2D eigenvalue weighted by Gasteiger charge is 2.37. The van der Waals surface area contributed by atoms with Crippen molar-refractivity contribution in [2.24, 2.45) is 11.3 Å². The summed E-state index contributed by atoms with van der Waals surface area (Å²) in [6.45, 7) is 6.68. The number of nitrogens with one attached hydrogen (secondary N) is 4. The number of quaternary nitrogens is 1. The summed E-state index contributed by atoms with van der Waals surface area (Å²) in [6.07, 6.45) is -1.72. The lowest BCUT2D eigenvalue weighted by Crippen LogP contribution is -2.99. The number of hydrogen-bond donors (Lipinski definition) is 5. The van der Waals surface area contributed by atoms with Gasteiger partial charge in [-0.05, 0) is 72.1 Å². The van der Waals surface area contributed by atoms with E-state index < -0.39 is 34.6 Å². The molecule has 3 aromatic rings. The topological polar surface area (TPSA) is 164 Å². The molecule has 0 aliphatic heterocycles. The van der Waals surface area contributed by atoms with E-state index in [0.29, 0.717) is 36.0 Å². The summed E-state index contributed by atoms with van der Waals surface area (Å²) < 4.78 is 40.7. The third-order valence-corrected chi connectivity index (χ3v) is 7.57. The van der Waals surface area contributed by atoms with Gasteiger partial charge in [0.2, 0.25) is 0 Å². The summed E-state index contributed by atoms with van der Waals surface area (Å²) in [6, 6.07) is 8.36. The Balaban J connectivity index is 1.54. The molecule has 1 fully saturated rings. The monoisotopic (exact) mass is 590 g/mol. The van der Waals surface area contributed by atoms with Gasteiger partial charge in [-0.25, -0.2) is 10.0 Å². The van der Waals surface area contributed by atoms with Gasteiger partial charge in [0.1, 0.15) is 5.56 Å². The highest BCUT2D eigenvalue weighted by Crippen LogP contribution is 2.40. The molecule has 42 heavy (non-hydrogen) atoms. The van der Waals surface area contributed by atoms with Crippen LogP contribution in [-0.4, -0.2) is 48.7 Å². The third-order valence-electron chi connectivity index (χ3n) is 7.57. The summed E-state index contributed by atoms with van der Waals surface area (Å²) in [5, 5.41) is 36.8. The van der Waals surface area contributed by atoms with Gasteiger partial charge in [0.15, 0.2) is 5.69 Å². The quantitative estimate of drug-likeness (QED) is 0.253. The van der Waals surface area contributed by atoms with E-state index in [1.54, 1.807) is 29.2 Å². The van der Waals surface area contributed by atoms with Crippen LogP contribution in [0.25, 0.3) is 0 Å². The minimum absolute atomic E-state index is 0.0165. The summed E-state index contributed by atoms with van der Waals surface area (Å²) in [4.78, 5) is 27.6. The van der Waals surface area contributed by atoms with Gasteiger partial charge in [-0.1, -0.05) is 38.0 Å². The van der Waals surface area contributed by atoms with Crippen molar-refractivity contribution in [1.82, 2.24) is 25.5 Å². The number of halogens is 3. The first-order chi connectivity index (χ1) is 19.7. The lowest BCUT2D eigenvalue weighted by molar-refractivity contribution is -0.991. The number of amides is 3. The molecule has 0 bridgehead atoms. The number of urea groups is 1. The standard InChI is InChI=1S/C27H33F3N8O4/c1-26(2,3)18-8-11-20(12-9-18)37(15-16-4-6-17(7-5-16)23(39)32-24-33-35-36-34-24)25(40)31-19-10-13-22(38(41)42)21(14-19)27(28,29)30/h4-7,10,13-14,18,20,38,41H,8-9,11-12,15H2,1-3H3,(H,31,40)(H2,32,33,34,35,36,39). The number of rotatable bonds is 7. The molecule has 2 aromatic carbocycles. The molecular formula is C27H33F3N8O4. The van der Waals surface area contributed by atoms with Crippen LogP contribution in [0.1, 0.15) is 67.9 Å². The molecule has 1 aromatic heterocycles. The molecule has 1 aliphatic rings. The molecule has 1 heterocycles. The van der Waals surface area contributed by atoms with E-state index >= 15 is 0 Å². The van der Waals surface area contributed by atoms with Gasteiger partial charge in [-0.2, -0.15) is 23.6 Å². The van der Waals surface area contributed by atoms with E-state index in [2.05, 4.69) is 52.0 Å². The Morgan fingerprint density at radius 3 is 2.29 bits per heavy atom. The molecule has 1 aliphatic carbocycles. The van der Waals surface area contributed by atoms with E-state index in [1.807, 2.05) is 0 Å². The fourth-order valence-electron chi connectivity index (χ4n) is 5.21. The maximum atomic E-state index is 13.6. The highest BCUT2D eigenvalue weighted by molar-refractivity contribution is 6.03. The van der Waals surface area contributed by atoms with E-state index in [4.69, 9.17) is 0 Å². The predicted octanol–water partition coefficient (Wildman–Crippen LogP) is 4.51. The maximum absolute atomic E-state index is 13.6. The molecule has 0 spiro atoms. The Morgan fingerprint density at radius 2 is 1.74 bits per heavy atom. The Hall–Kier alpha value is -4.08. The molecule has 0 saturated heterocycles. The number of alkyl halides is 3. The van der Waals surface area contributed by atoms with Crippen LogP contribution in [-0.2, 0) is 12.7 Å². The first-order valence-corrected chi connectivity index (χ1v) is 13.4. The first-order valence-electron chi connectivity index (χ1n) is 13.4. The van der Waals surface area contributed by atoms with Crippen molar-refractivity contribution in [3.05, 3.63) is 64.4 Å². The van der Waals surface area contributed by atoms with Crippen LogP contribution in [0.4, 0.5) is 35.3 Å². The van der Waals surface area contributed by atoms with E-state index in [0.717, 1.165) is 25.0 Å². The summed E-state index contributed by atoms with van der Waals surface area (Å²) in [5.74, 6) is 0.0275. The molecular weight excluding hydrogens is 557 g/mol. The number of tetrazole rings is 1. The number of hydrogen-bond acceptors (Lipinski definition) is 7. The van der Waals surface area contributed by atoms with Crippen molar-refractivity contribution in [2.75, 3.05) is 10.6 Å². The minimum Gasteiger partial charge on any atom is -0.595 e. The third kappa shape index (κ3) is 7.60. The summed E-state index contributed by atoms with van der Waals surface area (Å²) in [5.41, 5.74) is -1.28. The number of benzene rings is 2. The van der Waals surface area contributed by atoms with Crippen LogP contribution in [0.5, 0.6) is 0 Å². The smallest absolute Gasteiger partial charge is 0.422 e. The van der Waals surface area contributed by atoms with Gasteiger partial charge in [-0.15, -0.1) is 5.10 Å². The number of carbonyl (C=O) groups is 2. The number of nitrogens with zero attached hydrogens (tertiary/aromatic N) is 4. The molecule has 15 heteroatoms. The molecule has 0 radical (unpaired) electrons. The lowest BCUT2D eigenvalue weighted by atomic mass is 9.71. The molecule has 1 atom stereocenters. The Kier molecular flexibility index (Phi) is 9.13. The summed E-state index contributed by atoms with van der Waals surface area (Å²) >= 11 is 0. The van der Waals surface area contributed by atoms with Crippen molar-refractivity contribution < 1.29 is 33.2 Å². The number of aromatic amines is 1. The number of carbonyl (C=O) groups excluding carboxylic acids is 2. The highest BCUT2D eigenvalue weighted by atomic mass is 19.4. The number of H-pyrrole nitrogens is 1. The van der Waals surface area contributed by atoms with Gasteiger partial charge >= 0.3 is 12.2 Å². The second kappa shape index (κ2) is 12.4. The average Bonchev–Trinajstić information content (AvgIpc) is 3.44. The number of aromatic nitrogens is 4. The van der Waals surface area contributed by atoms with Crippen molar-refractivity contribution in [1.29, 1.82) is 0 Å². The molecule has 5 N–H and O–H groups in total. The van der Waals surface area contributed by atoms with Gasteiger partial charge in [0.05, 0.1) is 0 Å². The first kappa shape index (κ1) is 30.9.